The van der Waals surface area contributed by atoms with Crippen molar-refractivity contribution < 1.29 is 4.79 Å². The molecule has 1 unspecified atom stereocenters. The molecule has 1 N–H and O–H groups in total. The highest BCUT2D eigenvalue weighted by atomic mass is 16.2. The Labute approximate surface area is 115 Å². The van der Waals surface area contributed by atoms with Crippen molar-refractivity contribution in [2.24, 2.45) is 0 Å². The van der Waals surface area contributed by atoms with Gasteiger partial charge in [0.25, 0.3) is 5.91 Å². The van der Waals surface area contributed by atoms with Gasteiger partial charge in [0.15, 0.2) is 0 Å². The van der Waals surface area contributed by atoms with Crippen molar-refractivity contribution in [3.05, 3.63) is 35.4 Å². The molecule has 0 aliphatic carbocycles. The molecule has 0 aliphatic heterocycles. The van der Waals surface area contributed by atoms with E-state index in [9.17, 15) is 4.79 Å². The lowest BCUT2D eigenvalue weighted by Gasteiger charge is -2.24. The Balaban J connectivity index is 2.90. The van der Waals surface area contributed by atoms with Gasteiger partial charge < -0.3 is 10.2 Å². The molecule has 0 heterocycles. The molecule has 4 heteroatoms. The summed E-state index contributed by atoms with van der Waals surface area (Å²) >= 11 is 0. The van der Waals surface area contributed by atoms with Gasteiger partial charge in [-0.3, -0.25) is 4.79 Å². The van der Waals surface area contributed by atoms with Crippen LogP contribution < -0.4 is 5.32 Å². The Morgan fingerprint density at radius 1 is 1.47 bits per heavy atom. The Morgan fingerprint density at radius 2 is 2.16 bits per heavy atom. The van der Waals surface area contributed by atoms with E-state index in [2.05, 4.69) is 11.4 Å². The van der Waals surface area contributed by atoms with Gasteiger partial charge in [0.05, 0.1) is 12.5 Å². The lowest BCUT2D eigenvalue weighted by Crippen LogP contribution is -2.35. The summed E-state index contributed by atoms with van der Waals surface area (Å²) in [6, 6.07) is 9.67. The van der Waals surface area contributed by atoms with Crippen LogP contribution in [0.3, 0.4) is 0 Å². The van der Waals surface area contributed by atoms with Crippen molar-refractivity contribution >= 4 is 5.91 Å². The fourth-order valence-corrected chi connectivity index (χ4v) is 1.87. The van der Waals surface area contributed by atoms with E-state index in [-0.39, 0.29) is 11.9 Å². The molecule has 1 amide bonds. The minimum Gasteiger partial charge on any atom is -0.338 e. The number of hydrogen-bond donors (Lipinski definition) is 1. The fourth-order valence-electron chi connectivity index (χ4n) is 1.87. The second-order valence-corrected chi connectivity index (χ2v) is 4.64. The van der Waals surface area contributed by atoms with Gasteiger partial charge in [0, 0.05) is 18.7 Å². The van der Waals surface area contributed by atoms with Crippen molar-refractivity contribution in [1.29, 1.82) is 5.26 Å². The summed E-state index contributed by atoms with van der Waals surface area (Å²) in [5.74, 6) is -0.0190. The zero-order valence-corrected chi connectivity index (χ0v) is 11.8. The Bertz CT molecular complexity index is 465. The molecule has 1 rings (SSSR count). The van der Waals surface area contributed by atoms with Crippen LogP contribution in [0.15, 0.2) is 24.3 Å². The molecule has 19 heavy (non-hydrogen) atoms. The van der Waals surface area contributed by atoms with Crippen LogP contribution in [0.5, 0.6) is 0 Å². The first-order chi connectivity index (χ1) is 9.11. The summed E-state index contributed by atoms with van der Waals surface area (Å²) < 4.78 is 0. The maximum atomic E-state index is 12.4. The summed E-state index contributed by atoms with van der Waals surface area (Å²) in [4.78, 5) is 14.1. The van der Waals surface area contributed by atoms with Crippen LogP contribution in [0.25, 0.3) is 0 Å². The number of benzene rings is 1. The zero-order valence-electron chi connectivity index (χ0n) is 11.8. The van der Waals surface area contributed by atoms with Gasteiger partial charge in [-0.05, 0) is 38.6 Å². The van der Waals surface area contributed by atoms with E-state index in [0.717, 1.165) is 24.1 Å². The molecule has 1 aromatic carbocycles. The third kappa shape index (κ3) is 4.08. The summed E-state index contributed by atoms with van der Waals surface area (Å²) in [6.07, 6.45) is 1.17. The van der Waals surface area contributed by atoms with Gasteiger partial charge in [0.1, 0.15) is 0 Å². The van der Waals surface area contributed by atoms with Crippen LogP contribution >= 0.6 is 0 Å². The van der Waals surface area contributed by atoms with Gasteiger partial charge in [-0.15, -0.1) is 0 Å². The minimum absolute atomic E-state index is 0.0190. The molecular weight excluding hydrogens is 238 g/mol. The van der Waals surface area contributed by atoms with E-state index >= 15 is 0 Å². The lowest BCUT2D eigenvalue weighted by molar-refractivity contribution is 0.0745. The molecule has 4 nitrogen and oxygen atoms in total. The van der Waals surface area contributed by atoms with Crippen molar-refractivity contribution in [2.75, 3.05) is 20.6 Å². The standard InChI is InChI=1S/C15H21N3O/c1-12(8-10-16)18(3)15(19)14-7-5-4-6-13(14)9-11-17-2/h4-7,12,17H,8-9,11H2,1-3H3. The van der Waals surface area contributed by atoms with Gasteiger partial charge in [-0.25, -0.2) is 0 Å². The molecule has 0 fully saturated rings. The smallest absolute Gasteiger partial charge is 0.254 e. The van der Waals surface area contributed by atoms with Gasteiger partial charge in [-0.2, -0.15) is 5.26 Å². The summed E-state index contributed by atoms with van der Waals surface area (Å²) in [6.45, 7) is 2.72. The van der Waals surface area contributed by atoms with Crippen LogP contribution in [0.4, 0.5) is 0 Å². The highest BCUT2D eigenvalue weighted by Crippen LogP contribution is 2.14. The molecule has 102 valence electrons. The van der Waals surface area contributed by atoms with E-state index in [1.807, 2.05) is 38.2 Å². The number of nitrogens with zero attached hydrogens (tertiary/aromatic N) is 2. The van der Waals surface area contributed by atoms with E-state index in [4.69, 9.17) is 5.26 Å². The van der Waals surface area contributed by atoms with Crippen molar-refractivity contribution in [1.82, 2.24) is 10.2 Å². The maximum Gasteiger partial charge on any atom is 0.254 e. The fraction of sp³-hybridized carbons (Fsp3) is 0.467. The highest BCUT2D eigenvalue weighted by Gasteiger charge is 2.19. The average molecular weight is 259 g/mol. The largest absolute Gasteiger partial charge is 0.338 e. The zero-order chi connectivity index (χ0) is 14.3. The van der Waals surface area contributed by atoms with Crippen LogP contribution in [0.2, 0.25) is 0 Å². The Kier molecular flexibility index (Phi) is 6.04. The van der Waals surface area contributed by atoms with Gasteiger partial charge in [0.2, 0.25) is 0 Å². The maximum absolute atomic E-state index is 12.4. The number of likely N-dealkylation sites (N-methyl/N-ethyl adjacent to an activating group) is 1. The molecule has 0 aliphatic rings. The number of nitrogens with one attached hydrogen (secondary N) is 1. The number of carbonyl (C=O) groups is 1. The number of carbonyl (C=O) groups excluding carboxylic acids is 1. The Hall–Kier alpha value is -1.86. The molecule has 0 saturated heterocycles. The van der Waals surface area contributed by atoms with Crippen LogP contribution in [-0.2, 0) is 6.42 Å². The van der Waals surface area contributed by atoms with Crippen LogP contribution in [0.1, 0.15) is 29.3 Å². The quantitative estimate of drug-likeness (QED) is 0.848. The van der Waals surface area contributed by atoms with Crippen molar-refractivity contribution in [3.63, 3.8) is 0 Å². The molecule has 0 aromatic heterocycles. The molecule has 0 bridgehead atoms. The summed E-state index contributed by atoms with van der Waals surface area (Å²) in [7, 11) is 3.64. The number of amides is 1. The lowest BCUT2D eigenvalue weighted by atomic mass is 10.0. The first-order valence-corrected chi connectivity index (χ1v) is 6.48. The molecule has 0 spiro atoms. The first kappa shape index (κ1) is 15.2. The molecule has 1 atom stereocenters. The second-order valence-electron chi connectivity index (χ2n) is 4.64. The molecule has 1 aromatic rings. The molecular formula is C15H21N3O. The van der Waals surface area contributed by atoms with Gasteiger partial charge in [-0.1, -0.05) is 18.2 Å². The molecule has 0 radical (unpaired) electrons. The SMILES string of the molecule is CNCCc1ccccc1C(=O)N(C)C(C)CC#N. The average Bonchev–Trinajstić information content (AvgIpc) is 2.44. The number of hydrogen-bond acceptors (Lipinski definition) is 3. The third-order valence-corrected chi connectivity index (χ3v) is 3.26. The number of nitriles is 1. The van der Waals surface area contributed by atoms with E-state index in [1.165, 1.54) is 0 Å². The predicted molar refractivity (Wildman–Crippen MR) is 75.9 cm³/mol. The van der Waals surface area contributed by atoms with Crippen LogP contribution in [-0.4, -0.2) is 37.5 Å². The third-order valence-electron chi connectivity index (χ3n) is 3.26. The topological polar surface area (TPSA) is 56.1 Å². The van der Waals surface area contributed by atoms with Crippen molar-refractivity contribution in [3.8, 4) is 6.07 Å². The normalized spacial score (nSPS) is 11.7. The van der Waals surface area contributed by atoms with E-state index in [1.54, 1.807) is 11.9 Å². The first-order valence-electron chi connectivity index (χ1n) is 6.48. The van der Waals surface area contributed by atoms with Crippen molar-refractivity contribution in [2.45, 2.75) is 25.8 Å². The molecule has 0 saturated carbocycles. The van der Waals surface area contributed by atoms with E-state index in [0.29, 0.717) is 6.42 Å². The summed E-state index contributed by atoms with van der Waals surface area (Å²) in [5.41, 5.74) is 1.77. The monoisotopic (exact) mass is 259 g/mol. The predicted octanol–water partition coefficient (Wildman–Crippen LogP) is 1.82. The minimum atomic E-state index is -0.0742. The summed E-state index contributed by atoms with van der Waals surface area (Å²) in [5, 5.41) is 11.8. The second kappa shape index (κ2) is 7.55. The van der Waals surface area contributed by atoms with Gasteiger partial charge >= 0.3 is 0 Å². The van der Waals surface area contributed by atoms with Crippen LogP contribution in [0, 0.1) is 11.3 Å². The van der Waals surface area contributed by atoms with E-state index < -0.39 is 0 Å². The Morgan fingerprint density at radius 3 is 2.79 bits per heavy atom. The number of rotatable bonds is 6. The highest BCUT2D eigenvalue weighted by molar-refractivity contribution is 5.95.